The average Bonchev–Trinajstić information content (AvgIpc) is 1.27. The Morgan fingerprint density at radius 2 is 0.875 bits per heavy atom. The summed E-state index contributed by atoms with van der Waals surface area (Å²) < 4.78 is 0. The Morgan fingerprint density at radius 1 is 0.875 bits per heavy atom. The summed E-state index contributed by atoms with van der Waals surface area (Å²) in [6.45, 7) is 13.8. The molecule has 0 atom stereocenters. The molecule has 0 bridgehead atoms. The van der Waals surface area contributed by atoms with E-state index in [9.17, 15) is 0 Å². The van der Waals surface area contributed by atoms with Crippen molar-refractivity contribution in [1.82, 2.24) is 0 Å². The Bertz CT molecular complexity index is 30.3. The lowest BCUT2D eigenvalue weighted by molar-refractivity contribution is 1.71. The van der Waals surface area contributed by atoms with Gasteiger partial charge in [-0.15, -0.1) is 0 Å². The van der Waals surface area contributed by atoms with Crippen LogP contribution in [0.4, 0.5) is 0 Å². The second-order valence-electron chi connectivity index (χ2n) is 3.71. The average molecular weight is 148 g/mol. The van der Waals surface area contributed by atoms with E-state index < -0.39 is 8.07 Å². The standard InChI is InChI=1S/C4H12Si.C2H8Si/c1-5(2,3)4;1-3-2/h1-4H3;3H2,1-2H3. The number of rotatable bonds is 0. The van der Waals surface area contributed by atoms with Gasteiger partial charge in [-0.2, -0.15) is 0 Å². The van der Waals surface area contributed by atoms with Gasteiger partial charge in [-0.1, -0.05) is 39.3 Å². The quantitative estimate of drug-likeness (QED) is 0.462. The topological polar surface area (TPSA) is 0 Å². The SMILES string of the molecule is C[SiH2]C.C[Si](C)(C)C. The molecule has 0 N–H and O–H groups in total. The Morgan fingerprint density at radius 3 is 0.875 bits per heavy atom. The lowest BCUT2D eigenvalue weighted by atomic mass is 11.8. The lowest BCUT2D eigenvalue weighted by Gasteiger charge is -2.01. The van der Waals surface area contributed by atoms with E-state index >= 15 is 0 Å². The molecule has 52 valence electrons. The van der Waals surface area contributed by atoms with Crippen LogP contribution in [-0.2, 0) is 0 Å². The van der Waals surface area contributed by atoms with Crippen molar-refractivity contribution >= 4 is 17.6 Å². The molecule has 0 saturated heterocycles. The summed E-state index contributed by atoms with van der Waals surface area (Å²) in [5.74, 6) is 0. The van der Waals surface area contributed by atoms with Gasteiger partial charge in [0.2, 0.25) is 0 Å². The van der Waals surface area contributed by atoms with Crippen molar-refractivity contribution < 1.29 is 0 Å². The third-order valence-electron chi connectivity index (χ3n) is 0. The molecule has 0 spiro atoms. The second kappa shape index (κ2) is 5.57. The minimum Gasteiger partial charge on any atom is -0.0750 e. The van der Waals surface area contributed by atoms with E-state index in [1.54, 1.807) is 0 Å². The first kappa shape index (κ1) is 11.3. The normalized spacial score (nSPS) is 9.75. The fraction of sp³-hybridized carbons (Fsp3) is 1.00. The van der Waals surface area contributed by atoms with Gasteiger partial charge in [0, 0.05) is 17.6 Å². The zero-order chi connectivity index (χ0) is 7.21. The molecular weight excluding hydrogens is 128 g/mol. The van der Waals surface area contributed by atoms with Crippen molar-refractivity contribution in [3.05, 3.63) is 0 Å². The number of hydrogen-bond acceptors (Lipinski definition) is 0. The minimum atomic E-state index is -0.611. The van der Waals surface area contributed by atoms with E-state index in [4.69, 9.17) is 0 Å². The monoisotopic (exact) mass is 148 g/mol. The van der Waals surface area contributed by atoms with E-state index in [0.717, 1.165) is 0 Å². The molecule has 8 heavy (non-hydrogen) atoms. The van der Waals surface area contributed by atoms with Crippen molar-refractivity contribution in [2.24, 2.45) is 0 Å². The van der Waals surface area contributed by atoms with Crippen molar-refractivity contribution in [3.63, 3.8) is 0 Å². The molecule has 0 aromatic rings. The van der Waals surface area contributed by atoms with E-state index in [0.29, 0.717) is 9.52 Å². The summed E-state index contributed by atoms with van der Waals surface area (Å²) >= 11 is 0. The van der Waals surface area contributed by atoms with Gasteiger partial charge >= 0.3 is 0 Å². The number of hydrogen-bond donors (Lipinski definition) is 0. The summed E-state index contributed by atoms with van der Waals surface area (Å²) in [6.07, 6.45) is 0. The summed E-state index contributed by atoms with van der Waals surface area (Å²) in [4.78, 5) is 0. The summed E-state index contributed by atoms with van der Waals surface area (Å²) in [5.41, 5.74) is 0. The third-order valence-corrected chi connectivity index (χ3v) is 0. The Hall–Kier alpha value is 0.434. The maximum absolute atomic E-state index is 2.33. The van der Waals surface area contributed by atoms with Crippen LogP contribution in [0, 0.1) is 0 Å². The highest BCUT2D eigenvalue weighted by Gasteiger charge is 1.99. The maximum atomic E-state index is 2.33. The van der Waals surface area contributed by atoms with Crippen LogP contribution in [-0.4, -0.2) is 17.6 Å². The Kier molecular flexibility index (Phi) is 7.84. The van der Waals surface area contributed by atoms with Gasteiger partial charge in [0.15, 0.2) is 0 Å². The van der Waals surface area contributed by atoms with Crippen molar-refractivity contribution in [2.45, 2.75) is 39.3 Å². The molecular formula is C6H20Si2. The third kappa shape index (κ3) is 1010. The molecule has 2 heteroatoms. The lowest BCUT2D eigenvalue weighted by Crippen LogP contribution is -2.10. The molecule has 0 rings (SSSR count). The first-order valence-electron chi connectivity index (χ1n) is 3.41. The van der Waals surface area contributed by atoms with Crippen LogP contribution in [0.15, 0.2) is 0 Å². The van der Waals surface area contributed by atoms with Crippen LogP contribution >= 0.6 is 0 Å². The van der Waals surface area contributed by atoms with E-state index in [-0.39, 0.29) is 0 Å². The molecule has 0 fully saturated rings. The molecule has 0 aromatic carbocycles. The second-order valence-corrected chi connectivity index (χ2v) is 11.1. The highest BCUT2D eigenvalue weighted by atomic mass is 28.3. The molecule has 0 nitrogen and oxygen atoms in total. The van der Waals surface area contributed by atoms with Crippen molar-refractivity contribution in [2.75, 3.05) is 0 Å². The van der Waals surface area contributed by atoms with Crippen molar-refractivity contribution in [3.8, 4) is 0 Å². The maximum Gasteiger partial charge on any atom is 0.0411 e. The van der Waals surface area contributed by atoms with Crippen LogP contribution in [0.3, 0.4) is 0 Å². The zero-order valence-corrected chi connectivity index (χ0v) is 9.62. The van der Waals surface area contributed by atoms with E-state index in [1.807, 2.05) is 0 Å². The van der Waals surface area contributed by atoms with Crippen molar-refractivity contribution in [1.29, 1.82) is 0 Å². The fourth-order valence-corrected chi connectivity index (χ4v) is 0. The predicted octanol–water partition coefficient (Wildman–Crippen LogP) is 2.21. The van der Waals surface area contributed by atoms with Crippen LogP contribution in [0.25, 0.3) is 0 Å². The highest BCUT2D eigenvalue weighted by Crippen LogP contribution is 1.94. The van der Waals surface area contributed by atoms with E-state index in [1.165, 1.54) is 0 Å². The molecule has 0 aliphatic heterocycles. The zero-order valence-electron chi connectivity index (χ0n) is 7.21. The Labute approximate surface area is 57.5 Å². The van der Waals surface area contributed by atoms with Gasteiger partial charge in [-0.05, 0) is 0 Å². The molecule has 0 unspecified atom stereocenters. The van der Waals surface area contributed by atoms with Crippen LogP contribution in [0.2, 0.25) is 39.3 Å². The fourth-order valence-electron chi connectivity index (χ4n) is 0. The smallest absolute Gasteiger partial charge is 0.0411 e. The molecule has 0 saturated carbocycles. The largest absolute Gasteiger partial charge is 0.0750 e. The first-order chi connectivity index (χ1) is 3.41. The minimum absolute atomic E-state index is 0.417. The van der Waals surface area contributed by atoms with Crippen LogP contribution in [0.5, 0.6) is 0 Å². The van der Waals surface area contributed by atoms with Gasteiger partial charge in [0.25, 0.3) is 0 Å². The predicted molar refractivity (Wildman–Crippen MR) is 49.5 cm³/mol. The van der Waals surface area contributed by atoms with Crippen LogP contribution < -0.4 is 0 Å². The van der Waals surface area contributed by atoms with Gasteiger partial charge in [-0.3, -0.25) is 0 Å². The Balaban J connectivity index is 0. The van der Waals surface area contributed by atoms with Gasteiger partial charge < -0.3 is 0 Å². The summed E-state index contributed by atoms with van der Waals surface area (Å²) in [7, 11) is -0.194. The van der Waals surface area contributed by atoms with Gasteiger partial charge in [0.1, 0.15) is 0 Å². The summed E-state index contributed by atoms with van der Waals surface area (Å²) in [6, 6.07) is 0. The molecule has 0 aromatic heterocycles. The highest BCUT2D eigenvalue weighted by molar-refractivity contribution is 6.74. The van der Waals surface area contributed by atoms with Gasteiger partial charge in [-0.25, -0.2) is 0 Å². The molecule has 0 heterocycles. The first-order valence-corrected chi connectivity index (χ1v) is 10.2. The molecule has 0 aliphatic carbocycles. The molecule has 0 amide bonds. The van der Waals surface area contributed by atoms with Gasteiger partial charge in [0.05, 0.1) is 0 Å². The van der Waals surface area contributed by atoms with Crippen LogP contribution in [0.1, 0.15) is 0 Å². The molecule has 0 aliphatic rings. The molecule has 0 radical (unpaired) electrons. The summed E-state index contributed by atoms with van der Waals surface area (Å²) in [5, 5.41) is 0. The van der Waals surface area contributed by atoms with E-state index in [2.05, 4.69) is 39.3 Å².